The lowest BCUT2D eigenvalue weighted by molar-refractivity contribution is -0.136. The number of thiazole rings is 1. The van der Waals surface area contributed by atoms with Crippen molar-refractivity contribution in [2.24, 2.45) is 4.99 Å². The molecule has 0 N–H and O–H groups in total. The van der Waals surface area contributed by atoms with Crippen LogP contribution in [-0.4, -0.2) is 31.9 Å². The van der Waals surface area contributed by atoms with Gasteiger partial charge in [0, 0.05) is 11.6 Å². The summed E-state index contributed by atoms with van der Waals surface area (Å²) >= 11 is 1.28. The molecule has 0 unspecified atom stereocenters. The van der Waals surface area contributed by atoms with Gasteiger partial charge in [0.15, 0.2) is 4.80 Å². The lowest BCUT2D eigenvalue weighted by Gasteiger charge is -2.25. The molecule has 2 heterocycles. The van der Waals surface area contributed by atoms with Gasteiger partial charge in [0.05, 0.1) is 43.2 Å². The first kappa shape index (κ1) is 22.5. The number of ether oxygens (including phenoxy) is 3. The largest absolute Gasteiger partial charge is 0.497 e. The Bertz CT molecular complexity index is 1400. The Kier molecular flexibility index (Phi) is 6.46. The summed E-state index contributed by atoms with van der Waals surface area (Å²) in [7, 11) is 4.49. The van der Waals surface area contributed by atoms with Crippen molar-refractivity contribution in [2.75, 3.05) is 21.3 Å². The van der Waals surface area contributed by atoms with E-state index in [1.165, 1.54) is 18.4 Å². The van der Waals surface area contributed by atoms with E-state index in [1.54, 1.807) is 30.9 Å². The van der Waals surface area contributed by atoms with Crippen molar-refractivity contribution in [3.05, 3.63) is 90.6 Å². The lowest BCUT2D eigenvalue weighted by atomic mass is 9.95. The molecular weight excluding hydrogens is 440 g/mol. The Morgan fingerprint density at radius 3 is 2.52 bits per heavy atom. The van der Waals surface area contributed by atoms with Crippen LogP contribution in [0.2, 0.25) is 0 Å². The molecule has 3 aromatic rings. The van der Waals surface area contributed by atoms with E-state index < -0.39 is 12.0 Å². The summed E-state index contributed by atoms with van der Waals surface area (Å²) in [4.78, 5) is 31.6. The molecule has 0 saturated carbocycles. The molecule has 1 aromatic heterocycles. The second-order valence-electron chi connectivity index (χ2n) is 7.31. The zero-order valence-electron chi connectivity index (χ0n) is 18.8. The Morgan fingerprint density at radius 2 is 1.88 bits per heavy atom. The first-order valence-corrected chi connectivity index (χ1v) is 11.2. The van der Waals surface area contributed by atoms with Gasteiger partial charge in [0.25, 0.3) is 5.56 Å². The molecule has 0 saturated heterocycles. The molecule has 0 spiro atoms. The number of hydrogen-bond donors (Lipinski definition) is 0. The molecule has 2 aromatic carbocycles. The van der Waals surface area contributed by atoms with Gasteiger partial charge in [-0.1, -0.05) is 48.6 Å². The first-order chi connectivity index (χ1) is 16.0. The summed E-state index contributed by atoms with van der Waals surface area (Å²) in [5.74, 6) is 0.754. The van der Waals surface area contributed by atoms with Gasteiger partial charge in [-0.3, -0.25) is 9.36 Å². The van der Waals surface area contributed by atoms with Gasteiger partial charge in [-0.25, -0.2) is 9.79 Å². The third-order valence-corrected chi connectivity index (χ3v) is 6.48. The average Bonchev–Trinajstić information content (AvgIpc) is 3.17. The number of allylic oxidation sites excluding steroid dienone is 1. The summed E-state index contributed by atoms with van der Waals surface area (Å²) < 4.78 is 17.9. The molecule has 0 radical (unpaired) electrons. The van der Waals surface area contributed by atoms with Crippen LogP contribution in [0.15, 0.2) is 69.6 Å². The number of aromatic nitrogens is 1. The molecule has 1 atom stereocenters. The van der Waals surface area contributed by atoms with Gasteiger partial charge in [0.1, 0.15) is 11.5 Å². The average molecular weight is 465 g/mol. The summed E-state index contributed by atoms with van der Waals surface area (Å²) in [5.41, 5.74) is 2.32. The molecule has 170 valence electrons. The van der Waals surface area contributed by atoms with Gasteiger partial charge in [0.2, 0.25) is 0 Å². The van der Waals surface area contributed by atoms with E-state index in [2.05, 4.69) is 4.99 Å². The van der Waals surface area contributed by atoms with E-state index in [0.717, 1.165) is 11.1 Å². The van der Waals surface area contributed by atoms with Crippen molar-refractivity contribution in [3.8, 4) is 11.5 Å². The highest BCUT2D eigenvalue weighted by Crippen LogP contribution is 2.31. The van der Waals surface area contributed by atoms with Gasteiger partial charge < -0.3 is 14.2 Å². The maximum absolute atomic E-state index is 13.6. The van der Waals surface area contributed by atoms with E-state index in [-0.39, 0.29) is 5.56 Å². The number of rotatable bonds is 6. The SMILES string of the molecule is CCC1=C(C(=O)OC)[C@@H](c2ccccc2)n2c(s/c(=C\c3ccc(OC)cc3OC)c2=O)=N1. The minimum absolute atomic E-state index is 0.234. The Labute approximate surface area is 194 Å². The van der Waals surface area contributed by atoms with Crippen LogP contribution in [-0.2, 0) is 9.53 Å². The number of hydrogen-bond acceptors (Lipinski definition) is 7. The highest BCUT2D eigenvalue weighted by Gasteiger charge is 2.33. The van der Waals surface area contributed by atoms with Gasteiger partial charge >= 0.3 is 5.97 Å². The Morgan fingerprint density at radius 1 is 1.12 bits per heavy atom. The van der Waals surface area contributed by atoms with E-state index in [0.29, 0.717) is 38.5 Å². The van der Waals surface area contributed by atoms with Crippen LogP contribution in [0.1, 0.15) is 30.5 Å². The summed E-state index contributed by atoms with van der Waals surface area (Å²) in [6, 6.07) is 14.2. The summed E-state index contributed by atoms with van der Waals surface area (Å²) in [6.07, 6.45) is 2.31. The number of benzene rings is 2. The minimum Gasteiger partial charge on any atom is -0.497 e. The fourth-order valence-corrected chi connectivity index (χ4v) is 4.90. The summed E-state index contributed by atoms with van der Waals surface area (Å²) in [6.45, 7) is 1.93. The van der Waals surface area contributed by atoms with Crippen molar-refractivity contribution >= 4 is 23.4 Å². The molecule has 0 fully saturated rings. The third kappa shape index (κ3) is 4.09. The monoisotopic (exact) mass is 464 g/mol. The number of fused-ring (bicyclic) bond motifs is 1. The molecule has 1 aliphatic heterocycles. The second-order valence-corrected chi connectivity index (χ2v) is 8.32. The van der Waals surface area contributed by atoms with Gasteiger partial charge in [-0.05, 0) is 30.2 Å². The van der Waals surface area contributed by atoms with Crippen molar-refractivity contribution < 1.29 is 19.0 Å². The molecule has 33 heavy (non-hydrogen) atoms. The van der Waals surface area contributed by atoms with Crippen LogP contribution in [0, 0.1) is 0 Å². The number of nitrogens with zero attached hydrogens (tertiary/aromatic N) is 2. The van der Waals surface area contributed by atoms with Gasteiger partial charge in [-0.15, -0.1) is 0 Å². The Balaban J connectivity index is 1.98. The normalized spacial score (nSPS) is 15.6. The second kappa shape index (κ2) is 9.46. The molecular formula is C25H24N2O5S. The van der Waals surface area contributed by atoms with Crippen LogP contribution >= 0.6 is 11.3 Å². The van der Waals surface area contributed by atoms with E-state index in [4.69, 9.17) is 14.2 Å². The quantitative estimate of drug-likeness (QED) is 0.524. The first-order valence-electron chi connectivity index (χ1n) is 10.4. The highest BCUT2D eigenvalue weighted by molar-refractivity contribution is 7.07. The predicted molar refractivity (Wildman–Crippen MR) is 126 cm³/mol. The number of esters is 1. The van der Waals surface area contributed by atoms with E-state index >= 15 is 0 Å². The molecule has 0 aliphatic carbocycles. The van der Waals surface area contributed by atoms with Crippen molar-refractivity contribution in [2.45, 2.75) is 19.4 Å². The topological polar surface area (TPSA) is 79.1 Å². The van der Waals surface area contributed by atoms with Crippen molar-refractivity contribution in [1.29, 1.82) is 0 Å². The van der Waals surface area contributed by atoms with E-state index in [1.807, 2.05) is 49.4 Å². The van der Waals surface area contributed by atoms with Gasteiger partial charge in [-0.2, -0.15) is 0 Å². The molecule has 4 rings (SSSR count). The molecule has 8 heteroatoms. The predicted octanol–water partition coefficient (Wildman–Crippen LogP) is 2.82. The maximum atomic E-state index is 13.6. The fraction of sp³-hybridized carbons (Fsp3) is 0.240. The van der Waals surface area contributed by atoms with Crippen molar-refractivity contribution in [1.82, 2.24) is 4.57 Å². The van der Waals surface area contributed by atoms with Crippen LogP contribution in [0.4, 0.5) is 0 Å². The highest BCUT2D eigenvalue weighted by atomic mass is 32.1. The van der Waals surface area contributed by atoms with Crippen LogP contribution < -0.4 is 24.4 Å². The molecule has 1 aliphatic rings. The third-order valence-electron chi connectivity index (χ3n) is 5.49. The molecule has 0 bridgehead atoms. The standard InChI is InChI=1S/C25H24N2O5S/c1-5-18-21(24(29)32-4)22(15-9-7-6-8-10-15)27-23(28)20(33-25(27)26-18)13-16-11-12-17(30-2)14-19(16)31-3/h6-14,22H,5H2,1-4H3/b20-13-/t22-/m1/s1. The zero-order valence-corrected chi connectivity index (χ0v) is 19.6. The fourth-order valence-electron chi connectivity index (χ4n) is 3.89. The number of methoxy groups -OCH3 is 3. The Hall–Kier alpha value is -3.65. The smallest absolute Gasteiger partial charge is 0.338 e. The number of carbonyl (C=O) groups excluding carboxylic acids is 1. The van der Waals surface area contributed by atoms with Crippen molar-refractivity contribution in [3.63, 3.8) is 0 Å². The van der Waals surface area contributed by atoms with Crippen LogP contribution in [0.5, 0.6) is 11.5 Å². The molecule has 7 nitrogen and oxygen atoms in total. The van der Waals surface area contributed by atoms with E-state index in [9.17, 15) is 9.59 Å². The minimum atomic E-state index is -0.621. The lowest BCUT2D eigenvalue weighted by Crippen LogP contribution is -2.40. The zero-order chi connectivity index (χ0) is 23.5. The maximum Gasteiger partial charge on any atom is 0.338 e. The molecule has 0 amide bonds. The van der Waals surface area contributed by atoms with Crippen LogP contribution in [0.3, 0.4) is 0 Å². The summed E-state index contributed by atoms with van der Waals surface area (Å²) in [5, 5.41) is 0. The van der Waals surface area contributed by atoms with Crippen LogP contribution in [0.25, 0.3) is 6.08 Å². The number of carbonyl (C=O) groups is 1.